The zero-order valence-electron chi connectivity index (χ0n) is 15.0. The molecule has 0 aliphatic heterocycles. The summed E-state index contributed by atoms with van der Waals surface area (Å²) in [6, 6.07) is 4.73. The molecule has 1 fully saturated rings. The second kappa shape index (κ2) is 7.53. The van der Waals surface area contributed by atoms with Crippen molar-refractivity contribution in [2.45, 2.75) is 70.1 Å². The molecule has 0 aromatic heterocycles. The van der Waals surface area contributed by atoms with Gasteiger partial charge in [-0.2, -0.15) is 0 Å². The minimum absolute atomic E-state index is 0.0492. The number of aliphatic hydroxyl groups is 1. The summed E-state index contributed by atoms with van der Waals surface area (Å²) in [6.45, 7) is 6.16. The van der Waals surface area contributed by atoms with Crippen molar-refractivity contribution in [3.63, 3.8) is 0 Å². The molecule has 1 saturated carbocycles. The minimum Gasteiger partial charge on any atom is -0.507 e. The summed E-state index contributed by atoms with van der Waals surface area (Å²) in [5.74, 6) is -0.411. The van der Waals surface area contributed by atoms with Crippen LogP contribution in [0.2, 0.25) is 0 Å². The third kappa shape index (κ3) is 4.28. The summed E-state index contributed by atoms with van der Waals surface area (Å²) in [6.07, 6.45) is 2.37. The summed E-state index contributed by atoms with van der Waals surface area (Å²) in [5.41, 5.74) is 1.10. The quantitative estimate of drug-likeness (QED) is 0.742. The number of hydrogen-bond donors (Lipinski definition) is 3. The van der Waals surface area contributed by atoms with Gasteiger partial charge in [-0.1, -0.05) is 39.7 Å². The number of phenolic OH excluding ortho intramolecular Hbond substituents is 1. The molecular weight excluding hydrogens is 306 g/mol. The molecule has 0 heterocycles. The number of ether oxygens (including phenoxy) is 1. The number of benzene rings is 1. The van der Waals surface area contributed by atoms with Crippen LogP contribution in [0, 0.1) is 0 Å². The molecule has 1 aliphatic rings. The van der Waals surface area contributed by atoms with E-state index in [1.54, 1.807) is 19.2 Å². The standard InChI is InChI=1S/C19H29NO4/c1-19(2,3)12-9-10-15(21)13(11-12)18(23)20-14-7-5-6-8-16(24-4)17(14)22/h9-11,14,16-17,21-22H,5-8H2,1-4H3,(H,20,23)/t14-,16-,17-/m1/s1. The van der Waals surface area contributed by atoms with Crippen molar-refractivity contribution in [1.29, 1.82) is 0 Å². The van der Waals surface area contributed by atoms with Crippen LogP contribution in [0.3, 0.4) is 0 Å². The number of carbonyl (C=O) groups excluding carboxylic acids is 1. The van der Waals surface area contributed by atoms with Gasteiger partial charge in [0.15, 0.2) is 0 Å². The van der Waals surface area contributed by atoms with Gasteiger partial charge in [-0.3, -0.25) is 4.79 Å². The Morgan fingerprint density at radius 3 is 2.54 bits per heavy atom. The van der Waals surface area contributed by atoms with Crippen LogP contribution < -0.4 is 5.32 Å². The Morgan fingerprint density at radius 2 is 1.92 bits per heavy atom. The molecule has 1 aromatic rings. The number of nitrogens with one attached hydrogen (secondary N) is 1. The highest BCUT2D eigenvalue weighted by molar-refractivity contribution is 5.97. The Balaban J connectivity index is 2.19. The van der Waals surface area contributed by atoms with E-state index in [9.17, 15) is 15.0 Å². The highest BCUT2D eigenvalue weighted by Gasteiger charge is 2.32. The van der Waals surface area contributed by atoms with Crippen molar-refractivity contribution in [1.82, 2.24) is 5.32 Å². The van der Waals surface area contributed by atoms with Gasteiger partial charge in [0.1, 0.15) is 11.9 Å². The van der Waals surface area contributed by atoms with Crippen LogP contribution in [0.1, 0.15) is 62.4 Å². The molecule has 0 radical (unpaired) electrons. The number of rotatable bonds is 3. The molecule has 134 valence electrons. The highest BCUT2D eigenvalue weighted by atomic mass is 16.5. The largest absolute Gasteiger partial charge is 0.507 e. The molecule has 2 rings (SSSR count). The summed E-state index contributed by atoms with van der Waals surface area (Å²) >= 11 is 0. The van der Waals surface area contributed by atoms with Crippen LogP contribution in [-0.2, 0) is 10.2 Å². The molecule has 3 N–H and O–H groups in total. The first-order valence-corrected chi connectivity index (χ1v) is 8.59. The fraction of sp³-hybridized carbons (Fsp3) is 0.632. The average Bonchev–Trinajstić information content (AvgIpc) is 2.68. The van der Waals surface area contributed by atoms with Gasteiger partial charge < -0.3 is 20.3 Å². The van der Waals surface area contributed by atoms with Crippen molar-refractivity contribution in [3.8, 4) is 5.75 Å². The molecule has 0 unspecified atom stereocenters. The Labute approximate surface area is 144 Å². The summed E-state index contributed by atoms with van der Waals surface area (Å²) in [5, 5.41) is 23.4. The molecule has 0 saturated heterocycles. The van der Waals surface area contributed by atoms with E-state index in [4.69, 9.17) is 4.74 Å². The number of aromatic hydroxyl groups is 1. The SMILES string of the molecule is CO[C@@H]1CCCC[C@@H](NC(=O)c2cc(C(C)(C)C)ccc2O)[C@H]1O. The second-order valence-corrected chi connectivity index (χ2v) is 7.61. The zero-order chi connectivity index (χ0) is 17.9. The first-order valence-electron chi connectivity index (χ1n) is 8.59. The van der Waals surface area contributed by atoms with Crippen molar-refractivity contribution in [2.24, 2.45) is 0 Å². The van der Waals surface area contributed by atoms with E-state index < -0.39 is 6.10 Å². The maximum absolute atomic E-state index is 12.6. The molecule has 5 heteroatoms. The summed E-state index contributed by atoms with van der Waals surface area (Å²) in [7, 11) is 1.58. The van der Waals surface area contributed by atoms with E-state index in [-0.39, 0.29) is 34.8 Å². The molecule has 0 bridgehead atoms. The van der Waals surface area contributed by atoms with Crippen LogP contribution in [0.4, 0.5) is 0 Å². The number of hydrogen-bond acceptors (Lipinski definition) is 4. The number of aliphatic hydroxyl groups excluding tert-OH is 1. The number of phenols is 1. The number of carbonyl (C=O) groups is 1. The van der Waals surface area contributed by atoms with Crippen molar-refractivity contribution >= 4 is 5.91 Å². The van der Waals surface area contributed by atoms with E-state index in [1.165, 1.54) is 0 Å². The summed E-state index contributed by atoms with van der Waals surface area (Å²) < 4.78 is 5.34. The van der Waals surface area contributed by atoms with Crippen LogP contribution >= 0.6 is 0 Å². The van der Waals surface area contributed by atoms with Crippen molar-refractivity contribution in [3.05, 3.63) is 29.3 Å². The van der Waals surface area contributed by atoms with E-state index in [1.807, 2.05) is 6.07 Å². The van der Waals surface area contributed by atoms with E-state index in [0.717, 1.165) is 24.8 Å². The van der Waals surface area contributed by atoms with Gasteiger partial charge in [0.2, 0.25) is 0 Å². The summed E-state index contributed by atoms with van der Waals surface area (Å²) in [4.78, 5) is 12.6. The van der Waals surface area contributed by atoms with Gasteiger partial charge >= 0.3 is 0 Å². The molecular formula is C19H29NO4. The highest BCUT2D eigenvalue weighted by Crippen LogP contribution is 2.28. The fourth-order valence-corrected chi connectivity index (χ4v) is 3.16. The van der Waals surface area contributed by atoms with Gasteiger partial charge in [0.25, 0.3) is 5.91 Å². The third-order valence-corrected chi connectivity index (χ3v) is 4.77. The maximum atomic E-state index is 12.6. The predicted molar refractivity (Wildman–Crippen MR) is 93.3 cm³/mol. The second-order valence-electron chi connectivity index (χ2n) is 7.61. The van der Waals surface area contributed by atoms with Crippen LogP contribution in [0.15, 0.2) is 18.2 Å². The topological polar surface area (TPSA) is 78.8 Å². The molecule has 1 amide bonds. The van der Waals surface area contributed by atoms with Gasteiger partial charge in [-0.05, 0) is 36.0 Å². The lowest BCUT2D eigenvalue weighted by atomic mass is 9.86. The fourth-order valence-electron chi connectivity index (χ4n) is 3.16. The van der Waals surface area contributed by atoms with E-state index in [0.29, 0.717) is 6.42 Å². The molecule has 5 nitrogen and oxygen atoms in total. The number of methoxy groups -OCH3 is 1. The molecule has 1 aromatic carbocycles. The Kier molecular flexibility index (Phi) is 5.88. The van der Waals surface area contributed by atoms with Gasteiger partial charge in [-0.25, -0.2) is 0 Å². The molecule has 24 heavy (non-hydrogen) atoms. The first kappa shape index (κ1) is 18.7. The average molecular weight is 335 g/mol. The smallest absolute Gasteiger partial charge is 0.255 e. The minimum atomic E-state index is -0.741. The first-order chi connectivity index (χ1) is 11.2. The Hall–Kier alpha value is -1.59. The van der Waals surface area contributed by atoms with E-state index >= 15 is 0 Å². The molecule has 3 atom stereocenters. The van der Waals surface area contributed by atoms with Gasteiger partial charge in [0, 0.05) is 7.11 Å². The lowest BCUT2D eigenvalue weighted by Gasteiger charge is -2.27. The maximum Gasteiger partial charge on any atom is 0.255 e. The Bertz CT molecular complexity index is 579. The van der Waals surface area contributed by atoms with E-state index in [2.05, 4.69) is 26.1 Å². The number of amides is 1. The molecule has 1 aliphatic carbocycles. The predicted octanol–water partition coefficient (Wildman–Crippen LogP) is 2.74. The van der Waals surface area contributed by atoms with Crippen molar-refractivity contribution in [2.75, 3.05) is 7.11 Å². The van der Waals surface area contributed by atoms with Gasteiger partial charge in [-0.15, -0.1) is 0 Å². The lowest BCUT2D eigenvalue weighted by molar-refractivity contribution is -0.0277. The lowest BCUT2D eigenvalue weighted by Crippen LogP contribution is -2.48. The zero-order valence-corrected chi connectivity index (χ0v) is 15.0. The Morgan fingerprint density at radius 1 is 1.25 bits per heavy atom. The van der Waals surface area contributed by atoms with Gasteiger partial charge in [0.05, 0.1) is 17.7 Å². The van der Waals surface area contributed by atoms with Crippen LogP contribution in [0.25, 0.3) is 0 Å². The van der Waals surface area contributed by atoms with Crippen LogP contribution in [0.5, 0.6) is 5.75 Å². The normalized spacial score (nSPS) is 25.1. The monoisotopic (exact) mass is 335 g/mol. The van der Waals surface area contributed by atoms with Crippen LogP contribution in [-0.4, -0.2) is 41.5 Å². The van der Waals surface area contributed by atoms with Crippen molar-refractivity contribution < 1.29 is 19.7 Å². The molecule has 0 spiro atoms. The third-order valence-electron chi connectivity index (χ3n) is 4.77.